The molecule has 0 amide bonds. The summed E-state index contributed by atoms with van der Waals surface area (Å²) in [5, 5.41) is 8.45. The SMILES string of the molecule is OCC1CNOC1. The molecule has 0 aliphatic carbocycles. The van der Waals surface area contributed by atoms with Crippen molar-refractivity contribution in [1.29, 1.82) is 0 Å². The maximum atomic E-state index is 8.45. The van der Waals surface area contributed by atoms with Crippen LogP contribution in [0.2, 0.25) is 0 Å². The van der Waals surface area contributed by atoms with Crippen LogP contribution in [0.1, 0.15) is 0 Å². The fourth-order valence-electron chi connectivity index (χ4n) is 0.530. The molecule has 0 aromatic rings. The zero-order valence-corrected chi connectivity index (χ0v) is 4.05. The van der Waals surface area contributed by atoms with Gasteiger partial charge in [0.1, 0.15) is 0 Å². The number of aliphatic hydroxyl groups is 1. The highest BCUT2D eigenvalue weighted by Gasteiger charge is 2.12. The second kappa shape index (κ2) is 2.26. The molecular formula is C4H9NO2. The lowest BCUT2D eigenvalue weighted by molar-refractivity contribution is 0.0913. The van der Waals surface area contributed by atoms with Gasteiger partial charge in [0, 0.05) is 19.1 Å². The van der Waals surface area contributed by atoms with Gasteiger partial charge in [0.05, 0.1) is 6.61 Å². The quantitative estimate of drug-likeness (QED) is 0.453. The second-order valence-electron chi connectivity index (χ2n) is 1.71. The first-order chi connectivity index (χ1) is 3.43. The number of aliphatic hydroxyl groups excluding tert-OH is 1. The highest BCUT2D eigenvalue weighted by atomic mass is 16.7. The predicted molar refractivity (Wildman–Crippen MR) is 24.5 cm³/mol. The number of nitrogens with one attached hydrogen (secondary N) is 1. The molecule has 42 valence electrons. The lowest BCUT2D eigenvalue weighted by atomic mass is 10.2. The van der Waals surface area contributed by atoms with Crippen LogP contribution < -0.4 is 5.48 Å². The van der Waals surface area contributed by atoms with Gasteiger partial charge in [-0.15, -0.1) is 0 Å². The van der Waals surface area contributed by atoms with Crippen molar-refractivity contribution in [3.05, 3.63) is 0 Å². The molecule has 1 unspecified atom stereocenters. The van der Waals surface area contributed by atoms with Crippen LogP contribution in [0.5, 0.6) is 0 Å². The Morgan fingerprint density at radius 3 is 3.00 bits per heavy atom. The first kappa shape index (κ1) is 5.03. The van der Waals surface area contributed by atoms with Crippen LogP contribution in [0.15, 0.2) is 0 Å². The van der Waals surface area contributed by atoms with Crippen molar-refractivity contribution in [3.8, 4) is 0 Å². The summed E-state index contributed by atoms with van der Waals surface area (Å²) in [5.74, 6) is 0.319. The summed E-state index contributed by atoms with van der Waals surface area (Å²) in [6.07, 6.45) is 0. The Morgan fingerprint density at radius 2 is 2.71 bits per heavy atom. The van der Waals surface area contributed by atoms with Crippen LogP contribution in [0.25, 0.3) is 0 Å². The van der Waals surface area contributed by atoms with E-state index in [-0.39, 0.29) is 6.61 Å². The molecule has 0 saturated carbocycles. The van der Waals surface area contributed by atoms with Gasteiger partial charge in [0.15, 0.2) is 0 Å². The fourth-order valence-corrected chi connectivity index (χ4v) is 0.530. The molecule has 3 nitrogen and oxygen atoms in total. The average molecular weight is 103 g/mol. The largest absolute Gasteiger partial charge is 0.396 e. The Balaban J connectivity index is 2.14. The Bertz CT molecular complexity index is 51.7. The summed E-state index contributed by atoms with van der Waals surface area (Å²) in [5.41, 5.74) is 2.66. The van der Waals surface area contributed by atoms with Crippen LogP contribution >= 0.6 is 0 Å². The minimum Gasteiger partial charge on any atom is -0.396 e. The first-order valence-corrected chi connectivity index (χ1v) is 2.39. The van der Waals surface area contributed by atoms with Crippen molar-refractivity contribution in [2.75, 3.05) is 19.8 Å². The monoisotopic (exact) mass is 103 g/mol. The van der Waals surface area contributed by atoms with Gasteiger partial charge in [-0.3, -0.25) is 0 Å². The zero-order chi connectivity index (χ0) is 5.11. The molecule has 1 heterocycles. The van der Waals surface area contributed by atoms with Gasteiger partial charge in [-0.25, -0.2) is 5.48 Å². The maximum absolute atomic E-state index is 8.45. The van der Waals surface area contributed by atoms with Crippen molar-refractivity contribution >= 4 is 0 Å². The summed E-state index contributed by atoms with van der Waals surface area (Å²) in [6, 6.07) is 0. The van der Waals surface area contributed by atoms with E-state index in [2.05, 4.69) is 5.48 Å². The molecule has 0 radical (unpaired) electrons. The van der Waals surface area contributed by atoms with Crippen molar-refractivity contribution in [1.82, 2.24) is 5.48 Å². The third kappa shape index (κ3) is 1.12. The van der Waals surface area contributed by atoms with E-state index in [0.29, 0.717) is 12.5 Å². The molecule has 0 aromatic carbocycles. The van der Waals surface area contributed by atoms with Crippen molar-refractivity contribution in [3.63, 3.8) is 0 Å². The van der Waals surface area contributed by atoms with E-state index in [0.717, 1.165) is 6.54 Å². The molecular weight excluding hydrogens is 94.0 g/mol. The molecule has 1 aliphatic rings. The van der Waals surface area contributed by atoms with Gasteiger partial charge >= 0.3 is 0 Å². The summed E-state index contributed by atoms with van der Waals surface area (Å²) >= 11 is 0. The van der Waals surface area contributed by atoms with Crippen molar-refractivity contribution < 1.29 is 9.94 Å². The molecule has 7 heavy (non-hydrogen) atoms. The first-order valence-electron chi connectivity index (χ1n) is 2.39. The summed E-state index contributed by atoms with van der Waals surface area (Å²) < 4.78 is 0. The number of hydrogen-bond donors (Lipinski definition) is 2. The second-order valence-corrected chi connectivity index (χ2v) is 1.71. The summed E-state index contributed by atoms with van der Waals surface area (Å²) in [6.45, 7) is 1.67. The molecule has 1 aliphatic heterocycles. The fraction of sp³-hybridized carbons (Fsp3) is 1.00. The van der Waals surface area contributed by atoms with E-state index < -0.39 is 0 Å². The lowest BCUT2D eigenvalue weighted by Gasteiger charge is -1.95. The van der Waals surface area contributed by atoms with E-state index in [1.165, 1.54) is 0 Å². The van der Waals surface area contributed by atoms with Crippen molar-refractivity contribution in [2.24, 2.45) is 5.92 Å². The van der Waals surface area contributed by atoms with Crippen LogP contribution in [-0.2, 0) is 4.84 Å². The minimum atomic E-state index is 0.229. The molecule has 0 spiro atoms. The van der Waals surface area contributed by atoms with Gasteiger partial charge in [-0.2, -0.15) is 0 Å². The standard InChI is InChI=1S/C4H9NO2/c6-2-4-1-5-7-3-4/h4-6H,1-3H2. The van der Waals surface area contributed by atoms with Gasteiger partial charge in [0.2, 0.25) is 0 Å². The minimum absolute atomic E-state index is 0.229. The number of hydroxylamine groups is 1. The Morgan fingerprint density at radius 1 is 1.86 bits per heavy atom. The van der Waals surface area contributed by atoms with Gasteiger partial charge in [-0.1, -0.05) is 0 Å². The van der Waals surface area contributed by atoms with E-state index in [9.17, 15) is 0 Å². The Kier molecular flexibility index (Phi) is 1.62. The molecule has 0 bridgehead atoms. The van der Waals surface area contributed by atoms with E-state index in [4.69, 9.17) is 9.94 Å². The number of hydrogen-bond acceptors (Lipinski definition) is 3. The Hall–Kier alpha value is -0.120. The lowest BCUT2D eigenvalue weighted by Crippen LogP contribution is -2.11. The van der Waals surface area contributed by atoms with E-state index in [1.807, 2.05) is 0 Å². The van der Waals surface area contributed by atoms with Crippen LogP contribution in [0.3, 0.4) is 0 Å². The predicted octanol–water partition coefficient (Wildman–Crippen LogP) is -0.870. The van der Waals surface area contributed by atoms with Crippen LogP contribution in [0, 0.1) is 5.92 Å². The normalized spacial score (nSPS) is 31.3. The third-order valence-corrected chi connectivity index (χ3v) is 1.05. The maximum Gasteiger partial charge on any atom is 0.0745 e. The molecule has 1 rings (SSSR count). The average Bonchev–Trinajstić information content (AvgIpc) is 2.14. The Labute approximate surface area is 42.2 Å². The van der Waals surface area contributed by atoms with Gasteiger partial charge in [0.25, 0.3) is 0 Å². The zero-order valence-electron chi connectivity index (χ0n) is 4.05. The highest BCUT2D eigenvalue weighted by Crippen LogP contribution is 1.98. The van der Waals surface area contributed by atoms with E-state index in [1.54, 1.807) is 0 Å². The summed E-state index contributed by atoms with van der Waals surface area (Å²) in [7, 11) is 0. The smallest absolute Gasteiger partial charge is 0.0745 e. The topological polar surface area (TPSA) is 41.5 Å². The summed E-state index contributed by atoms with van der Waals surface area (Å²) in [4.78, 5) is 4.74. The molecule has 0 aromatic heterocycles. The van der Waals surface area contributed by atoms with Gasteiger partial charge in [-0.05, 0) is 0 Å². The molecule has 1 fully saturated rings. The van der Waals surface area contributed by atoms with Crippen LogP contribution in [-0.4, -0.2) is 24.9 Å². The molecule has 1 atom stereocenters. The van der Waals surface area contributed by atoms with Gasteiger partial charge < -0.3 is 9.94 Å². The highest BCUT2D eigenvalue weighted by molar-refractivity contribution is 4.60. The van der Waals surface area contributed by atoms with Crippen LogP contribution in [0.4, 0.5) is 0 Å². The van der Waals surface area contributed by atoms with E-state index >= 15 is 0 Å². The molecule has 2 N–H and O–H groups in total. The number of rotatable bonds is 1. The molecule has 3 heteroatoms. The third-order valence-electron chi connectivity index (χ3n) is 1.05. The molecule has 1 saturated heterocycles. The van der Waals surface area contributed by atoms with Crippen molar-refractivity contribution in [2.45, 2.75) is 0 Å².